The van der Waals surface area contributed by atoms with E-state index < -0.39 is 0 Å². The molecule has 0 atom stereocenters. The lowest BCUT2D eigenvalue weighted by Crippen LogP contribution is -2.31. The van der Waals surface area contributed by atoms with Crippen LogP contribution in [0.1, 0.15) is 11.4 Å². The minimum atomic E-state index is -0.299. The Kier molecular flexibility index (Phi) is 6.88. The summed E-state index contributed by atoms with van der Waals surface area (Å²) in [5, 5.41) is 11.0. The number of nitrogens with one attached hydrogen (secondary N) is 1. The van der Waals surface area contributed by atoms with Gasteiger partial charge in [-0.05, 0) is 19.1 Å². The van der Waals surface area contributed by atoms with E-state index in [1.165, 1.54) is 23.1 Å². The second-order valence-corrected chi connectivity index (χ2v) is 7.83. The Hall–Kier alpha value is -1.38. The third-order valence-corrected chi connectivity index (χ3v) is 5.44. The maximum absolute atomic E-state index is 11.7. The van der Waals surface area contributed by atoms with Crippen molar-refractivity contribution in [3.8, 4) is 0 Å². The van der Waals surface area contributed by atoms with Crippen molar-refractivity contribution in [3.05, 3.63) is 35.3 Å². The molecule has 0 aliphatic heterocycles. The van der Waals surface area contributed by atoms with Gasteiger partial charge in [-0.25, -0.2) is 0 Å². The first-order valence-corrected chi connectivity index (χ1v) is 9.35. The van der Waals surface area contributed by atoms with E-state index in [2.05, 4.69) is 15.5 Å². The Balaban J connectivity index is 1.62. The topological polar surface area (TPSA) is 72.0 Å². The first-order chi connectivity index (χ1) is 10.6. The van der Waals surface area contributed by atoms with Crippen molar-refractivity contribution in [1.29, 1.82) is 0 Å². The van der Waals surface area contributed by atoms with Gasteiger partial charge in [0.05, 0.1) is 5.75 Å². The van der Waals surface area contributed by atoms with Crippen LogP contribution in [-0.2, 0) is 9.59 Å². The third kappa shape index (κ3) is 6.17. The van der Waals surface area contributed by atoms with E-state index in [1.807, 2.05) is 37.3 Å². The van der Waals surface area contributed by atoms with Gasteiger partial charge in [-0.15, -0.1) is 22.0 Å². The maximum atomic E-state index is 11.7. The molecule has 0 saturated carbocycles. The molecule has 0 unspecified atom stereocenters. The van der Waals surface area contributed by atoms with Crippen LogP contribution in [0.5, 0.6) is 0 Å². The number of hydrogen-bond donors (Lipinski definition) is 1. The molecule has 5 nitrogen and oxygen atoms in total. The molecule has 1 N–H and O–H groups in total. The molecule has 0 aliphatic carbocycles. The molecule has 22 heavy (non-hydrogen) atoms. The molecule has 116 valence electrons. The minimum Gasteiger partial charge on any atom is -0.296 e. The Morgan fingerprint density at radius 2 is 1.91 bits per heavy atom. The van der Waals surface area contributed by atoms with E-state index in [4.69, 9.17) is 0 Å². The smallest absolute Gasteiger partial charge is 0.236 e. The van der Waals surface area contributed by atoms with Crippen molar-refractivity contribution in [2.45, 2.75) is 22.6 Å². The zero-order valence-electron chi connectivity index (χ0n) is 11.9. The van der Waals surface area contributed by atoms with Gasteiger partial charge >= 0.3 is 0 Å². The van der Waals surface area contributed by atoms with Crippen molar-refractivity contribution in [2.24, 2.45) is 0 Å². The lowest BCUT2D eigenvalue weighted by molar-refractivity contribution is -0.128. The fourth-order valence-electron chi connectivity index (χ4n) is 1.50. The molecule has 2 rings (SSSR count). The number of carbonyl (C=O) groups excluding carboxylic acids is 2. The van der Waals surface area contributed by atoms with E-state index in [0.717, 1.165) is 14.2 Å². The van der Waals surface area contributed by atoms with Crippen molar-refractivity contribution in [3.63, 3.8) is 0 Å². The molecular weight excluding hydrogens is 338 g/mol. The molecule has 2 aromatic rings. The molecule has 1 heterocycles. The van der Waals surface area contributed by atoms with Crippen LogP contribution in [-0.4, -0.2) is 33.5 Å². The van der Waals surface area contributed by atoms with E-state index in [-0.39, 0.29) is 17.6 Å². The Labute approximate surface area is 141 Å². The van der Waals surface area contributed by atoms with E-state index in [0.29, 0.717) is 12.2 Å². The second kappa shape index (κ2) is 8.92. The van der Waals surface area contributed by atoms with Crippen LogP contribution in [0, 0.1) is 6.92 Å². The molecule has 1 aromatic carbocycles. The van der Waals surface area contributed by atoms with Crippen LogP contribution in [0.25, 0.3) is 0 Å². The number of imide groups is 1. The summed E-state index contributed by atoms with van der Waals surface area (Å²) in [4.78, 5) is 24.5. The average molecular weight is 353 g/mol. The van der Waals surface area contributed by atoms with Crippen molar-refractivity contribution in [2.75, 3.05) is 11.5 Å². The molecule has 0 radical (unpaired) electrons. The summed E-state index contributed by atoms with van der Waals surface area (Å²) in [6.45, 7) is 1.86. The van der Waals surface area contributed by atoms with Crippen molar-refractivity contribution in [1.82, 2.24) is 15.5 Å². The molecule has 0 aliphatic rings. The van der Waals surface area contributed by atoms with Crippen LogP contribution in [0.15, 0.2) is 39.6 Å². The maximum Gasteiger partial charge on any atom is 0.236 e. The Morgan fingerprint density at radius 1 is 1.14 bits per heavy atom. The third-order valence-electron chi connectivity index (χ3n) is 2.45. The summed E-state index contributed by atoms with van der Waals surface area (Å²) in [6, 6.07) is 9.85. The number of thioether (sulfide) groups is 2. The average Bonchev–Trinajstić information content (AvgIpc) is 2.92. The fourth-order valence-corrected chi connectivity index (χ4v) is 3.98. The van der Waals surface area contributed by atoms with Crippen LogP contribution >= 0.6 is 34.9 Å². The van der Waals surface area contributed by atoms with Gasteiger partial charge in [0.15, 0.2) is 4.34 Å². The van der Waals surface area contributed by atoms with E-state index in [1.54, 1.807) is 11.8 Å². The quantitative estimate of drug-likeness (QED) is 0.772. The van der Waals surface area contributed by atoms with Gasteiger partial charge in [0.2, 0.25) is 11.8 Å². The molecule has 0 saturated heterocycles. The van der Waals surface area contributed by atoms with E-state index in [9.17, 15) is 9.59 Å². The molecule has 0 bridgehead atoms. The predicted octanol–water partition coefficient (Wildman–Crippen LogP) is 2.76. The standard InChI is InChI=1S/C14H15N3O2S3/c1-10-16-17-14(22-10)21-9-13(19)15-12(18)7-8-20-11-5-3-2-4-6-11/h2-6H,7-9H2,1H3,(H,15,18,19). The van der Waals surface area contributed by atoms with Crippen LogP contribution in [0.4, 0.5) is 0 Å². The molecule has 0 fully saturated rings. The van der Waals surface area contributed by atoms with Gasteiger partial charge < -0.3 is 0 Å². The van der Waals surface area contributed by atoms with Gasteiger partial charge in [0.25, 0.3) is 0 Å². The zero-order chi connectivity index (χ0) is 15.8. The number of carbonyl (C=O) groups is 2. The number of rotatable bonds is 7. The highest BCUT2D eigenvalue weighted by Gasteiger charge is 2.10. The van der Waals surface area contributed by atoms with Gasteiger partial charge in [-0.3, -0.25) is 14.9 Å². The zero-order valence-corrected chi connectivity index (χ0v) is 14.4. The number of aryl methyl sites for hydroxylation is 1. The van der Waals surface area contributed by atoms with Gasteiger partial charge in [0, 0.05) is 17.1 Å². The summed E-state index contributed by atoms with van der Waals surface area (Å²) in [5.41, 5.74) is 0. The summed E-state index contributed by atoms with van der Waals surface area (Å²) >= 11 is 4.31. The lowest BCUT2D eigenvalue weighted by Gasteiger charge is -2.03. The van der Waals surface area contributed by atoms with Crippen LogP contribution < -0.4 is 5.32 Å². The second-order valence-electron chi connectivity index (χ2n) is 4.26. The largest absolute Gasteiger partial charge is 0.296 e. The molecular formula is C14H15N3O2S3. The SMILES string of the molecule is Cc1nnc(SCC(=O)NC(=O)CCSc2ccccc2)s1. The molecule has 0 spiro atoms. The molecule has 8 heteroatoms. The van der Waals surface area contributed by atoms with Gasteiger partial charge in [-0.1, -0.05) is 41.3 Å². The Morgan fingerprint density at radius 3 is 2.59 bits per heavy atom. The normalized spacial score (nSPS) is 10.4. The van der Waals surface area contributed by atoms with E-state index >= 15 is 0 Å². The number of benzene rings is 1. The summed E-state index contributed by atoms with van der Waals surface area (Å²) in [5.74, 6) is 0.271. The Bertz CT molecular complexity index is 631. The number of amides is 2. The monoisotopic (exact) mass is 353 g/mol. The molecule has 2 amide bonds. The number of aromatic nitrogens is 2. The summed E-state index contributed by atoms with van der Waals surface area (Å²) in [6.07, 6.45) is 0.313. The minimum absolute atomic E-state index is 0.173. The van der Waals surface area contributed by atoms with Crippen molar-refractivity contribution >= 4 is 46.7 Å². The fraction of sp³-hybridized carbons (Fsp3) is 0.286. The highest BCUT2D eigenvalue weighted by atomic mass is 32.2. The number of nitrogens with zero attached hydrogens (tertiary/aromatic N) is 2. The highest BCUT2D eigenvalue weighted by molar-refractivity contribution is 8.01. The van der Waals surface area contributed by atoms with Crippen LogP contribution in [0.3, 0.4) is 0 Å². The van der Waals surface area contributed by atoms with Gasteiger partial charge in [0.1, 0.15) is 5.01 Å². The predicted molar refractivity (Wildman–Crippen MR) is 90.3 cm³/mol. The lowest BCUT2D eigenvalue weighted by atomic mass is 10.4. The first kappa shape index (κ1) is 17.0. The highest BCUT2D eigenvalue weighted by Crippen LogP contribution is 2.21. The van der Waals surface area contributed by atoms with Gasteiger partial charge in [-0.2, -0.15) is 0 Å². The van der Waals surface area contributed by atoms with Crippen LogP contribution in [0.2, 0.25) is 0 Å². The number of hydrogen-bond acceptors (Lipinski definition) is 7. The summed E-state index contributed by atoms with van der Waals surface area (Å²) < 4.78 is 0.736. The van der Waals surface area contributed by atoms with Crippen molar-refractivity contribution < 1.29 is 9.59 Å². The molecule has 1 aromatic heterocycles. The summed E-state index contributed by atoms with van der Waals surface area (Å²) in [7, 11) is 0. The first-order valence-electron chi connectivity index (χ1n) is 6.57.